The summed E-state index contributed by atoms with van der Waals surface area (Å²) in [6, 6.07) is 20.6. The largest absolute Gasteiger partial charge is 0.494 e. The van der Waals surface area contributed by atoms with Crippen molar-refractivity contribution in [2.75, 3.05) is 26.2 Å². The third-order valence-corrected chi connectivity index (χ3v) is 6.64. The Bertz CT molecular complexity index is 1430. The zero-order valence-corrected chi connectivity index (χ0v) is 23.7. The number of rotatable bonds is 9. The van der Waals surface area contributed by atoms with Crippen LogP contribution in [0.1, 0.15) is 33.6 Å². The summed E-state index contributed by atoms with van der Waals surface area (Å²) in [5.41, 5.74) is 1.78. The van der Waals surface area contributed by atoms with Crippen molar-refractivity contribution in [2.45, 2.75) is 45.3 Å². The van der Waals surface area contributed by atoms with Gasteiger partial charge >= 0.3 is 6.09 Å². The zero-order chi connectivity index (χ0) is 28.1. The van der Waals surface area contributed by atoms with Gasteiger partial charge in [0.1, 0.15) is 28.4 Å². The van der Waals surface area contributed by atoms with Crippen molar-refractivity contribution in [2.24, 2.45) is 0 Å². The fraction of sp³-hybridized carbons (Fsp3) is 0.355. The van der Waals surface area contributed by atoms with Gasteiger partial charge in [-0.1, -0.05) is 11.6 Å². The SMILES string of the molecule is CC(C)(C)OC(=O)N[C@H]1CCN(CCCOc2ccc(-c3nc4ccc(Oc5ccc(Cl)cc5)cc4o3)cc2)C1. The van der Waals surface area contributed by atoms with Crippen molar-refractivity contribution in [3.63, 3.8) is 0 Å². The van der Waals surface area contributed by atoms with Crippen molar-refractivity contribution in [1.29, 1.82) is 0 Å². The molecule has 8 nitrogen and oxygen atoms in total. The van der Waals surface area contributed by atoms with E-state index in [2.05, 4.69) is 15.2 Å². The fourth-order valence-electron chi connectivity index (χ4n) is 4.53. The average Bonchev–Trinajstić information content (AvgIpc) is 3.53. The summed E-state index contributed by atoms with van der Waals surface area (Å²) in [6.45, 7) is 8.91. The van der Waals surface area contributed by atoms with Gasteiger partial charge in [-0.15, -0.1) is 0 Å². The van der Waals surface area contributed by atoms with E-state index in [0.29, 0.717) is 34.6 Å². The molecule has 0 bridgehead atoms. The van der Waals surface area contributed by atoms with Crippen LogP contribution >= 0.6 is 11.6 Å². The molecule has 1 aromatic heterocycles. The van der Waals surface area contributed by atoms with Crippen LogP contribution in [-0.2, 0) is 4.74 Å². The van der Waals surface area contributed by atoms with Gasteiger partial charge in [0, 0.05) is 42.3 Å². The van der Waals surface area contributed by atoms with Gasteiger partial charge in [-0.2, -0.15) is 0 Å². The maximum atomic E-state index is 12.0. The first-order chi connectivity index (χ1) is 19.2. The number of carbonyl (C=O) groups is 1. The Balaban J connectivity index is 1.07. The number of benzene rings is 3. The van der Waals surface area contributed by atoms with Gasteiger partial charge in [0.25, 0.3) is 0 Å². The molecule has 4 aromatic rings. The number of likely N-dealkylation sites (tertiary alicyclic amines) is 1. The highest BCUT2D eigenvalue weighted by molar-refractivity contribution is 6.30. The molecular formula is C31H34ClN3O5. The first-order valence-electron chi connectivity index (χ1n) is 13.5. The van der Waals surface area contributed by atoms with Crippen LogP contribution < -0.4 is 14.8 Å². The van der Waals surface area contributed by atoms with E-state index in [-0.39, 0.29) is 12.1 Å². The molecule has 40 heavy (non-hydrogen) atoms. The van der Waals surface area contributed by atoms with Gasteiger partial charge in [0.15, 0.2) is 5.58 Å². The lowest BCUT2D eigenvalue weighted by Crippen LogP contribution is -2.40. The molecule has 0 saturated carbocycles. The van der Waals surface area contributed by atoms with Crippen LogP contribution in [0.3, 0.4) is 0 Å². The zero-order valence-electron chi connectivity index (χ0n) is 23.0. The molecule has 5 rings (SSSR count). The normalized spacial score (nSPS) is 15.8. The number of nitrogens with zero attached hydrogens (tertiary/aromatic N) is 2. The van der Waals surface area contributed by atoms with Crippen molar-refractivity contribution in [3.8, 4) is 28.7 Å². The van der Waals surface area contributed by atoms with Crippen molar-refractivity contribution in [3.05, 3.63) is 71.8 Å². The Morgan fingerprint density at radius 2 is 1.77 bits per heavy atom. The summed E-state index contributed by atoms with van der Waals surface area (Å²) < 4.78 is 23.2. The molecule has 210 valence electrons. The standard InChI is InChI=1S/C31H34ClN3O5/c1-31(2,3)40-30(36)33-23-15-17-35(20-23)16-4-18-37-24-9-5-21(6-10-24)29-34-27-14-13-26(19-28(27)39-29)38-25-11-7-22(32)8-12-25/h5-14,19,23H,4,15-18,20H2,1-3H3,(H,33,36)/t23-/m0/s1. The molecule has 0 radical (unpaired) electrons. The van der Waals surface area contributed by atoms with E-state index in [1.165, 1.54) is 0 Å². The topological polar surface area (TPSA) is 86.1 Å². The number of oxazole rings is 1. The lowest BCUT2D eigenvalue weighted by Gasteiger charge is -2.22. The number of aromatic nitrogens is 1. The van der Waals surface area contributed by atoms with Crippen LogP contribution in [0.2, 0.25) is 5.02 Å². The first-order valence-corrected chi connectivity index (χ1v) is 13.9. The Morgan fingerprint density at radius 3 is 2.52 bits per heavy atom. The molecule has 3 aromatic carbocycles. The molecule has 1 aliphatic rings. The second-order valence-corrected chi connectivity index (χ2v) is 11.3. The monoisotopic (exact) mass is 563 g/mol. The van der Waals surface area contributed by atoms with E-state index in [0.717, 1.165) is 49.3 Å². The fourth-order valence-corrected chi connectivity index (χ4v) is 4.66. The van der Waals surface area contributed by atoms with E-state index < -0.39 is 5.60 Å². The molecule has 1 aliphatic heterocycles. The van der Waals surface area contributed by atoms with E-state index in [9.17, 15) is 4.79 Å². The van der Waals surface area contributed by atoms with Crippen LogP contribution in [-0.4, -0.2) is 53.9 Å². The minimum Gasteiger partial charge on any atom is -0.494 e. The number of fused-ring (bicyclic) bond motifs is 1. The van der Waals surface area contributed by atoms with Gasteiger partial charge in [0.2, 0.25) is 5.89 Å². The number of halogens is 1. The maximum Gasteiger partial charge on any atom is 0.407 e. The number of ether oxygens (including phenoxy) is 3. The summed E-state index contributed by atoms with van der Waals surface area (Å²) >= 11 is 5.95. The molecule has 0 aliphatic carbocycles. The molecule has 1 atom stereocenters. The van der Waals surface area contributed by atoms with Gasteiger partial charge in [-0.3, -0.25) is 0 Å². The Labute approximate surface area is 239 Å². The summed E-state index contributed by atoms with van der Waals surface area (Å²) in [7, 11) is 0. The minimum absolute atomic E-state index is 0.123. The predicted octanol–water partition coefficient (Wildman–Crippen LogP) is 7.31. The van der Waals surface area contributed by atoms with E-state index in [1.54, 1.807) is 12.1 Å². The highest BCUT2D eigenvalue weighted by Crippen LogP contribution is 2.30. The predicted molar refractivity (Wildman–Crippen MR) is 155 cm³/mol. The summed E-state index contributed by atoms with van der Waals surface area (Å²) in [5.74, 6) is 2.68. The number of alkyl carbamates (subject to hydrolysis) is 1. The summed E-state index contributed by atoms with van der Waals surface area (Å²) in [6.07, 6.45) is 1.47. The van der Waals surface area contributed by atoms with Gasteiger partial charge in [0.05, 0.1) is 6.61 Å². The summed E-state index contributed by atoms with van der Waals surface area (Å²) in [4.78, 5) is 18.9. The molecule has 1 saturated heterocycles. The molecular weight excluding hydrogens is 530 g/mol. The maximum absolute atomic E-state index is 12.0. The Morgan fingerprint density at radius 1 is 1.05 bits per heavy atom. The van der Waals surface area contributed by atoms with Crippen LogP contribution in [0, 0.1) is 0 Å². The quantitative estimate of drug-likeness (QED) is 0.214. The molecule has 1 fully saturated rings. The third-order valence-electron chi connectivity index (χ3n) is 6.39. The second-order valence-electron chi connectivity index (χ2n) is 10.9. The van der Waals surface area contributed by atoms with E-state index >= 15 is 0 Å². The number of nitrogens with one attached hydrogen (secondary N) is 1. The lowest BCUT2D eigenvalue weighted by atomic mass is 10.2. The Hall–Kier alpha value is -3.75. The van der Waals surface area contributed by atoms with Gasteiger partial charge in [-0.05, 0) is 94.3 Å². The van der Waals surface area contributed by atoms with Crippen LogP contribution in [0.25, 0.3) is 22.6 Å². The number of hydrogen-bond donors (Lipinski definition) is 1. The third kappa shape index (κ3) is 7.67. The van der Waals surface area contributed by atoms with Crippen LogP contribution in [0.5, 0.6) is 17.2 Å². The highest BCUT2D eigenvalue weighted by Gasteiger charge is 2.25. The lowest BCUT2D eigenvalue weighted by molar-refractivity contribution is 0.0505. The average molecular weight is 564 g/mol. The molecule has 1 amide bonds. The number of carbonyl (C=O) groups excluding carboxylic acids is 1. The second kappa shape index (κ2) is 12.2. The smallest absolute Gasteiger partial charge is 0.407 e. The molecule has 2 heterocycles. The molecule has 1 N–H and O–H groups in total. The molecule has 0 spiro atoms. The number of amides is 1. The molecule has 9 heteroatoms. The van der Waals surface area contributed by atoms with E-state index in [1.807, 2.05) is 75.4 Å². The number of hydrogen-bond acceptors (Lipinski definition) is 7. The van der Waals surface area contributed by atoms with Crippen molar-refractivity contribution in [1.82, 2.24) is 15.2 Å². The first kappa shape index (κ1) is 27.8. The summed E-state index contributed by atoms with van der Waals surface area (Å²) in [5, 5.41) is 3.62. The van der Waals surface area contributed by atoms with E-state index in [4.69, 9.17) is 30.2 Å². The van der Waals surface area contributed by atoms with Crippen molar-refractivity contribution < 1.29 is 23.4 Å². The molecule has 0 unspecified atom stereocenters. The van der Waals surface area contributed by atoms with Gasteiger partial charge < -0.3 is 28.8 Å². The van der Waals surface area contributed by atoms with Gasteiger partial charge in [-0.25, -0.2) is 9.78 Å². The van der Waals surface area contributed by atoms with Crippen LogP contribution in [0.15, 0.2) is 71.1 Å². The minimum atomic E-state index is -0.487. The van der Waals surface area contributed by atoms with Crippen LogP contribution in [0.4, 0.5) is 4.79 Å². The Kier molecular flexibility index (Phi) is 8.47. The highest BCUT2D eigenvalue weighted by atomic mass is 35.5. The van der Waals surface area contributed by atoms with Crippen molar-refractivity contribution >= 4 is 28.8 Å².